The van der Waals surface area contributed by atoms with E-state index in [0.717, 1.165) is 22.5 Å². The zero-order valence-corrected chi connectivity index (χ0v) is 17.2. The Morgan fingerprint density at radius 2 is 1.09 bits per heavy atom. The predicted octanol–water partition coefficient (Wildman–Crippen LogP) is 6.67. The minimum Gasteiger partial charge on any atom is -0.309 e. The van der Waals surface area contributed by atoms with Crippen LogP contribution in [0.4, 0.5) is 0 Å². The second-order valence-electron chi connectivity index (χ2n) is 7.96. The number of fused-ring (bicyclic) bond motifs is 7. The maximum absolute atomic E-state index is 4.61. The van der Waals surface area contributed by atoms with Crippen molar-refractivity contribution in [3.8, 4) is 11.5 Å². The summed E-state index contributed by atoms with van der Waals surface area (Å²) in [6, 6.07) is 32.2. The Morgan fingerprint density at radius 1 is 0.500 bits per heavy atom. The summed E-state index contributed by atoms with van der Waals surface area (Å²) >= 11 is 0. The molecule has 3 aromatic heterocycles. The molecule has 0 unspecified atom stereocenters. The van der Waals surface area contributed by atoms with E-state index < -0.39 is 0 Å². The number of hydrogen-bond acceptors (Lipinski definition) is 2. The maximum atomic E-state index is 4.61. The lowest BCUT2D eigenvalue weighted by atomic mass is 10.1. The van der Waals surface area contributed by atoms with E-state index in [4.69, 9.17) is 0 Å². The molecule has 32 heavy (non-hydrogen) atoms. The highest BCUT2D eigenvalue weighted by molar-refractivity contribution is 6.28. The molecule has 0 bridgehead atoms. The molecular weight excluding hydrogens is 392 g/mol. The van der Waals surface area contributed by atoms with Gasteiger partial charge in [-0.1, -0.05) is 54.6 Å². The van der Waals surface area contributed by atoms with Crippen LogP contribution in [0.5, 0.6) is 0 Å². The van der Waals surface area contributed by atoms with Crippen LogP contribution in [0.1, 0.15) is 0 Å². The largest absolute Gasteiger partial charge is 0.309 e. The first-order valence-electron chi connectivity index (χ1n) is 10.7. The number of aromatic nitrogens is 4. The lowest BCUT2D eigenvalue weighted by Crippen LogP contribution is -1.97. The minimum atomic E-state index is 0.824. The van der Waals surface area contributed by atoms with Crippen molar-refractivity contribution in [1.82, 2.24) is 19.1 Å². The molecule has 0 fully saturated rings. The van der Waals surface area contributed by atoms with E-state index in [0.29, 0.717) is 0 Å². The van der Waals surface area contributed by atoms with Crippen molar-refractivity contribution < 1.29 is 0 Å². The third kappa shape index (κ3) is 2.26. The topological polar surface area (TPSA) is 35.6 Å². The molecular formula is C28H18N4. The van der Waals surface area contributed by atoms with Crippen LogP contribution in [-0.4, -0.2) is 19.1 Å². The van der Waals surface area contributed by atoms with Gasteiger partial charge in [0.05, 0.1) is 28.3 Å². The molecule has 0 saturated heterocycles. The van der Waals surface area contributed by atoms with E-state index in [1.165, 1.54) is 32.6 Å². The summed E-state index contributed by atoms with van der Waals surface area (Å²) in [5.74, 6) is 0.824. The first-order chi connectivity index (χ1) is 15.9. The summed E-state index contributed by atoms with van der Waals surface area (Å²) in [4.78, 5) is 8.93. The molecule has 3 heterocycles. The quantitative estimate of drug-likeness (QED) is 0.319. The lowest BCUT2D eigenvalue weighted by Gasteiger charge is -2.08. The van der Waals surface area contributed by atoms with Crippen molar-refractivity contribution in [3.63, 3.8) is 0 Å². The monoisotopic (exact) mass is 410 g/mol. The average molecular weight is 410 g/mol. The van der Waals surface area contributed by atoms with Crippen LogP contribution < -0.4 is 0 Å². The fraction of sp³-hybridized carbons (Fsp3) is 0. The van der Waals surface area contributed by atoms with E-state index >= 15 is 0 Å². The highest BCUT2D eigenvalue weighted by Gasteiger charge is 2.20. The van der Waals surface area contributed by atoms with Crippen LogP contribution >= 0.6 is 0 Å². The van der Waals surface area contributed by atoms with Gasteiger partial charge in [0.2, 0.25) is 0 Å². The summed E-state index contributed by atoms with van der Waals surface area (Å²) in [6.07, 6.45) is 5.28. The lowest BCUT2D eigenvalue weighted by molar-refractivity contribution is 1.04. The van der Waals surface area contributed by atoms with Gasteiger partial charge in [-0.2, -0.15) is 0 Å². The maximum Gasteiger partial charge on any atom is 0.156 e. The molecule has 0 spiro atoms. The number of hydrogen-bond donors (Lipinski definition) is 0. The summed E-state index contributed by atoms with van der Waals surface area (Å²) < 4.78 is 4.57. The molecule has 150 valence electrons. The van der Waals surface area contributed by atoms with Crippen LogP contribution in [0.15, 0.2) is 110 Å². The molecule has 0 aliphatic heterocycles. The van der Waals surface area contributed by atoms with Crippen molar-refractivity contribution in [2.24, 2.45) is 0 Å². The third-order valence-corrected chi connectivity index (χ3v) is 6.26. The van der Waals surface area contributed by atoms with Gasteiger partial charge in [-0.05, 0) is 36.4 Å². The third-order valence-electron chi connectivity index (χ3n) is 6.26. The Bertz CT molecular complexity index is 1630. The van der Waals surface area contributed by atoms with Crippen LogP contribution in [-0.2, 0) is 0 Å². The van der Waals surface area contributed by atoms with E-state index in [2.05, 4.69) is 110 Å². The molecule has 4 nitrogen and oxygen atoms in total. The zero-order chi connectivity index (χ0) is 21.1. The van der Waals surface area contributed by atoms with Gasteiger partial charge in [-0.15, -0.1) is 0 Å². The summed E-state index contributed by atoms with van der Waals surface area (Å²) in [6.45, 7) is 0. The second-order valence-corrected chi connectivity index (χ2v) is 7.96. The molecule has 7 aromatic rings. The molecule has 0 N–H and O–H groups in total. The van der Waals surface area contributed by atoms with Crippen molar-refractivity contribution >= 4 is 43.6 Å². The Hall–Kier alpha value is -4.44. The average Bonchev–Trinajstić information content (AvgIpc) is 3.38. The summed E-state index contributed by atoms with van der Waals surface area (Å²) in [5.41, 5.74) is 5.84. The highest BCUT2D eigenvalue weighted by atomic mass is 15.1. The van der Waals surface area contributed by atoms with Crippen LogP contribution in [0.3, 0.4) is 0 Å². The van der Waals surface area contributed by atoms with Gasteiger partial charge in [0.15, 0.2) is 5.82 Å². The van der Waals surface area contributed by atoms with Gasteiger partial charge in [0.1, 0.15) is 0 Å². The molecule has 0 radical (unpaired) electrons. The highest BCUT2D eigenvalue weighted by Crippen LogP contribution is 2.41. The molecule has 4 aromatic carbocycles. The molecule has 0 amide bonds. The normalized spacial score (nSPS) is 11.8. The first kappa shape index (κ1) is 17.3. The molecule has 4 heteroatoms. The smallest absolute Gasteiger partial charge is 0.156 e. The second kappa shape index (κ2) is 6.53. The molecule has 0 saturated carbocycles. The van der Waals surface area contributed by atoms with Crippen molar-refractivity contribution in [2.75, 3.05) is 0 Å². The van der Waals surface area contributed by atoms with Crippen molar-refractivity contribution in [1.29, 1.82) is 0 Å². The van der Waals surface area contributed by atoms with Gasteiger partial charge < -0.3 is 4.57 Å². The Morgan fingerprint density at radius 3 is 1.75 bits per heavy atom. The predicted molar refractivity (Wildman–Crippen MR) is 131 cm³/mol. The molecule has 0 atom stereocenters. The van der Waals surface area contributed by atoms with Gasteiger partial charge in [-0.3, -0.25) is 9.55 Å². The Balaban J connectivity index is 1.74. The minimum absolute atomic E-state index is 0.824. The zero-order valence-electron chi connectivity index (χ0n) is 17.2. The van der Waals surface area contributed by atoms with Crippen LogP contribution in [0.2, 0.25) is 0 Å². The van der Waals surface area contributed by atoms with Crippen molar-refractivity contribution in [2.45, 2.75) is 0 Å². The Labute approximate surface area is 184 Å². The first-order valence-corrected chi connectivity index (χ1v) is 10.7. The molecule has 7 rings (SSSR count). The number of para-hydroxylation sites is 3. The number of rotatable bonds is 2. The molecule has 0 aliphatic carbocycles. The fourth-order valence-corrected chi connectivity index (χ4v) is 5.03. The van der Waals surface area contributed by atoms with Gasteiger partial charge in [0.25, 0.3) is 0 Å². The van der Waals surface area contributed by atoms with Gasteiger partial charge in [-0.25, -0.2) is 4.98 Å². The standard InChI is InChI=1S/C28H18N4/c1-2-8-19(9-3-1)31-22-12-6-4-10-20(22)27-24(31)14-15-25-28(27)21-11-5-7-13-23(21)32(25)26-18-29-16-17-30-26/h1-18H. The van der Waals surface area contributed by atoms with Gasteiger partial charge in [0, 0.05) is 39.6 Å². The van der Waals surface area contributed by atoms with Crippen LogP contribution in [0, 0.1) is 0 Å². The number of benzene rings is 4. The van der Waals surface area contributed by atoms with E-state index in [9.17, 15) is 0 Å². The van der Waals surface area contributed by atoms with Gasteiger partial charge >= 0.3 is 0 Å². The summed E-state index contributed by atoms with van der Waals surface area (Å²) in [7, 11) is 0. The molecule has 0 aliphatic rings. The summed E-state index contributed by atoms with van der Waals surface area (Å²) in [5, 5.41) is 4.98. The number of nitrogens with zero attached hydrogens (tertiary/aromatic N) is 4. The van der Waals surface area contributed by atoms with E-state index in [-0.39, 0.29) is 0 Å². The van der Waals surface area contributed by atoms with E-state index in [1.54, 1.807) is 12.4 Å². The van der Waals surface area contributed by atoms with Crippen LogP contribution in [0.25, 0.3) is 55.1 Å². The fourth-order valence-electron chi connectivity index (χ4n) is 5.03. The van der Waals surface area contributed by atoms with E-state index in [1.807, 2.05) is 6.20 Å². The Kier molecular flexibility index (Phi) is 3.52. The van der Waals surface area contributed by atoms with Crippen molar-refractivity contribution in [3.05, 3.63) is 110 Å². The SMILES string of the molecule is c1ccc(-n2c3ccccc3c3c4c5ccccc5n(-c5cnccn5)c4ccc32)cc1.